The lowest BCUT2D eigenvalue weighted by Crippen LogP contribution is -2.27. The Bertz CT molecular complexity index is 873. The Morgan fingerprint density at radius 3 is 2.52 bits per heavy atom. The molecule has 1 amide bonds. The number of aliphatic carboxylic acids is 1. The number of carboxylic acid groups (broad SMARTS) is 1. The third-order valence-electron chi connectivity index (χ3n) is 2.81. The summed E-state index contributed by atoms with van der Waals surface area (Å²) in [7, 11) is -2.92. The first-order valence-electron chi connectivity index (χ1n) is 6.57. The van der Waals surface area contributed by atoms with Gasteiger partial charge in [0.05, 0.1) is 22.7 Å². The minimum absolute atomic E-state index is 0.0972. The van der Waals surface area contributed by atoms with E-state index in [1.807, 2.05) is 4.72 Å². The first-order valence-corrected chi connectivity index (χ1v) is 8.50. The first-order chi connectivity index (χ1) is 11.7. The molecule has 0 unspecified atom stereocenters. The topological polar surface area (TPSA) is 174 Å². The number of benzene rings is 1. The van der Waals surface area contributed by atoms with Gasteiger partial charge in [-0.2, -0.15) is 5.26 Å². The van der Waals surface area contributed by atoms with Gasteiger partial charge in [-0.3, -0.25) is 9.52 Å². The monoisotopic (exact) mass is 385 g/mol. The Balaban J connectivity index is 3.25. The molecule has 0 saturated heterocycles. The van der Waals surface area contributed by atoms with Gasteiger partial charge in [0.15, 0.2) is 5.70 Å². The molecule has 0 bridgehead atoms. The number of carboxylic acids is 1. The minimum atomic E-state index is -4.21. The van der Waals surface area contributed by atoms with Gasteiger partial charge in [-0.05, 0) is 18.2 Å². The van der Waals surface area contributed by atoms with E-state index in [4.69, 9.17) is 16.1 Å². The standard InChI is InChI=1S/C13H15N5O5S2/c1-16-11(13(20)21)12(24)18-25(22,23)8-2-3-9(7(4-8)5-14)17-10(19)6-15/h2-4,16,18,24H,6,15H2,1H3,(H,17,19)(H,20,21)/b12-11-. The number of rotatable bonds is 7. The van der Waals surface area contributed by atoms with Crippen LogP contribution in [0.4, 0.5) is 5.69 Å². The van der Waals surface area contributed by atoms with Gasteiger partial charge in [-0.1, -0.05) is 0 Å². The average Bonchev–Trinajstić information content (AvgIpc) is 2.54. The molecule has 134 valence electrons. The zero-order chi connectivity index (χ0) is 19.2. The molecule has 0 aliphatic heterocycles. The number of nitrogens with two attached hydrogens (primary N) is 1. The van der Waals surface area contributed by atoms with Crippen LogP contribution in [-0.4, -0.2) is 39.0 Å². The minimum Gasteiger partial charge on any atom is -0.477 e. The van der Waals surface area contributed by atoms with E-state index in [1.54, 1.807) is 6.07 Å². The van der Waals surface area contributed by atoms with Crippen molar-refractivity contribution in [2.75, 3.05) is 18.9 Å². The maximum Gasteiger partial charge on any atom is 0.354 e. The third kappa shape index (κ3) is 5.11. The Kier molecular flexibility index (Phi) is 6.80. The number of likely N-dealkylation sites (N-methyl/N-ethyl adjacent to an activating group) is 1. The summed E-state index contributed by atoms with van der Waals surface area (Å²) < 4.78 is 26.6. The highest BCUT2D eigenvalue weighted by molar-refractivity contribution is 7.91. The molecule has 6 N–H and O–H groups in total. The summed E-state index contributed by atoms with van der Waals surface area (Å²) in [6, 6.07) is 5.14. The highest BCUT2D eigenvalue weighted by atomic mass is 32.2. The number of nitrogens with zero attached hydrogens (tertiary/aromatic N) is 1. The van der Waals surface area contributed by atoms with E-state index in [9.17, 15) is 18.0 Å². The van der Waals surface area contributed by atoms with Gasteiger partial charge in [0, 0.05) is 7.05 Å². The van der Waals surface area contributed by atoms with Crippen LogP contribution >= 0.6 is 12.6 Å². The maximum atomic E-state index is 12.3. The number of hydrogen-bond donors (Lipinski definition) is 6. The van der Waals surface area contributed by atoms with Crippen LogP contribution in [0, 0.1) is 11.3 Å². The normalized spacial score (nSPS) is 11.8. The Morgan fingerprint density at radius 2 is 2.04 bits per heavy atom. The van der Waals surface area contributed by atoms with Crippen molar-refractivity contribution in [3.63, 3.8) is 0 Å². The summed E-state index contributed by atoms with van der Waals surface area (Å²) >= 11 is 3.83. The number of anilines is 1. The van der Waals surface area contributed by atoms with Gasteiger partial charge < -0.3 is 21.5 Å². The molecule has 0 saturated carbocycles. The number of carbonyl (C=O) groups excluding carboxylic acids is 1. The van der Waals surface area contributed by atoms with Gasteiger partial charge in [0.25, 0.3) is 10.0 Å². The molecule has 0 spiro atoms. The Morgan fingerprint density at radius 1 is 1.40 bits per heavy atom. The molecule has 0 fully saturated rings. The SMILES string of the molecule is CN/C(C(=O)O)=C(\S)NS(=O)(=O)c1ccc(NC(=O)CN)c(C#N)c1. The van der Waals surface area contributed by atoms with E-state index in [0.717, 1.165) is 12.1 Å². The summed E-state index contributed by atoms with van der Waals surface area (Å²) in [5, 5.41) is 22.3. The number of amides is 1. The first kappa shape index (κ1) is 20.3. The molecule has 10 nitrogen and oxygen atoms in total. The number of carbonyl (C=O) groups is 2. The van der Waals surface area contributed by atoms with E-state index in [1.165, 1.54) is 13.1 Å². The number of hydrogen-bond acceptors (Lipinski definition) is 8. The fourth-order valence-corrected chi connectivity index (χ4v) is 3.22. The summed E-state index contributed by atoms with van der Waals surface area (Å²) in [5.74, 6) is -1.96. The van der Waals surface area contributed by atoms with Crippen LogP contribution in [0.2, 0.25) is 0 Å². The fraction of sp³-hybridized carbons (Fsp3) is 0.154. The second kappa shape index (κ2) is 8.38. The van der Waals surface area contributed by atoms with Crippen molar-refractivity contribution in [2.24, 2.45) is 5.73 Å². The average molecular weight is 385 g/mol. The van der Waals surface area contributed by atoms with Crippen molar-refractivity contribution >= 4 is 40.2 Å². The van der Waals surface area contributed by atoms with Gasteiger partial charge >= 0.3 is 5.97 Å². The highest BCUT2D eigenvalue weighted by Gasteiger charge is 2.20. The molecule has 0 radical (unpaired) electrons. The summed E-state index contributed by atoms with van der Waals surface area (Å²) in [5.41, 5.74) is 4.69. The van der Waals surface area contributed by atoms with E-state index >= 15 is 0 Å². The molecule has 0 heterocycles. The summed E-state index contributed by atoms with van der Waals surface area (Å²) in [6.45, 7) is -0.303. The molecule has 0 aliphatic rings. The second-order valence-electron chi connectivity index (χ2n) is 4.46. The van der Waals surface area contributed by atoms with Crippen LogP contribution in [0.1, 0.15) is 5.56 Å². The van der Waals surface area contributed by atoms with Crippen LogP contribution in [0.3, 0.4) is 0 Å². The number of nitriles is 1. The summed E-state index contributed by atoms with van der Waals surface area (Å²) in [4.78, 5) is 21.9. The van der Waals surface area contributed by atoms with E-state index in [2.05, 4.69) is 23.3 Å². The van der Waals surface area contributed by atoms with E-state index in [-0.39, 0.29) is 22.7 Å². The molecule has 1 aromatic carbocycles. The van der Waals surface area contributed by atoms with E-state index in [0.29, 0.717) is 0 Å². The molecule has 1 rings (SSSR count). The van der Waals surface area contributed by atoms with Gasteiger partial charge in [-0.25, -0.2) is 13.2 Å². The van der Waals surface area contributed by atoms with Crippen molar-refractivity contribution in [1.82, 2.24) is 10.0 Å². The Hall–Kier alpha value is -2.75. The molecule has 12 heteroatoms. The van der Waals surface area contributed by atoms with Crippen LogP contribution in [0.15, 0.2) is 33.8 Å². The van der Waals surface area contributed by atoms with Crippen LogP contribution in [0.5, 0.6) is 0 Å². The smallest absolute Gasteiger partial charge is 0.354 e. The lowest BCUT2D eigenvalue weighted by Gasteiger charge is -2.12. The maximum absolute atomic E-state index is 12.3. The van der Waals surface area contributed by atoms with Crippen LogP contribution in [-0.2, 0) is 19.6 Å². The number of nitrogens with one attached hydrogen (secondary N) is 3. The molecule has 0 aromatic heterocycles. The largest absolute Gasteiger partial charge is 0.477 e. The van der Waals surface area contributed by atoms with Crippen molar-refractivity contribution < 1.29 is 23.1 Å². The molecular weight excluding hydrogens is 370 g/mol. The zero-order valence-electron chi connectivity index (χ0n) is 12.9. The van der Waals surface area contributed by atoms with Crippen LogP contribution < -0.4 is 21.1 Å². The lowest BCUT2D eigenvalue weighted by molar-refractivity contribution is -0.133. The van der Waals surface area contributed by atoms with Crippen LogP contribution in [0.25, 0.3) is 0 Å². The van der Waals surface area contributed by atoms with Crippen molar-refractivity contribution in [3.05, 3.63) is 34.5 Å². The number of sulfonamides is 1. The third-order valence-corrected chi connectivity index (χ3v) is 4.65. The van der Waals surface area contributed by atoms with Crippen molar-refractivity contribution in [3.8, 4) is 6.07 Å². The predicted molar refractivity (Wildman–Crippen MR) is 91.9 cm³/mol. The van der Waals surface area contributed by atoms with Gasteiger partial charge in [-0.15, -0.1) is 12.6 Å². The summed E-state index contributed by atoms with van der Waals surface area (Å²) in [6.07, 6.45) is 0. The fourth-order valence-electron chi connectivity index (χ4n) is 1.66. The molecular formula is C13H15N5O5S2. The second-order valence-corrected chi connectivity index (χ2v) is 6.59. The van der Waals surface area contributed by atoms with Crippen molar-refractivity contribution in [2.45, 2.75) is 4.90 Å². The highest BCUT2D eigenvalue weighted by Crippen LogP contribution is 2.21. The van der Waals surface area contributed by atoms with E-state index < -0.39 is 32.6 Å². The van der Waals surface area contributed by atoms with Gasteiger partial charge in [0.2, 0.25) is 5.91 Å². The predicted octanol–water partition coefficient (Wildman–Crippen LogP) is -0.863. The Labute approximate surface area is 149 Å². The van der Waals surface area contributed by atoms with Crippen molar-refractivity contribution in [1.29, 1.82) is 5.26 Å². The molecule has 25 heavy (non-hydrogen) atoms. The molecule has 0 atom stereocenters. The van der Waals surface area contributed by atoms with Gasteiger partial charge in [0.1, 0.15) is 11.1 Å². The quantitative estimate of drug-likeness (QED) is 0.259. The molecule has 1 aromatic rings. The lowest BCUT2D eigenvalue weighted by atomic mass is 10.2. The zero-order valence-corrected chi connectivity index (χ0v) is 14.6. The molecule has 0 aliphatic carbocycles. The number of thiol groups is 1.